The Hall–Kier alpha value is -2.72. The standard InChI is InChI=1S/C19H22N6O3S/c1-12-10-24(17-4-3-15(29-17)18(27)28)7-8-25(12)19-22-14(9-16(26)23(19)2)13-5-6-20-11-21-13/h3,5-6,9,11-12,17H,4,7-8,10H2,1-2H3,(H,27,28)/t12-,17?/m1/s1. The number of hydrogen-bond acceptors (Lipinski definition) is 8. The highest BCUT2D eigenvalue weighted by Gasteiger charge is 2.33. The van der Waals surface area contributed by atoms with E-state index in [0.29, 0.717) is 28.8 Å². The van der Waals surface area contributed by atoms with Crippen LogP contribution in [0.4, 0.5) is 5.95 Å². The zero-order valence-corrected chi connectivity index (χ0v) is 17.0. The van der Waals surface area contributed by atoms with Gasteiger partial charge in [-0.1, -0.05) is 17.8 Å². The first-order valence-corrected chi connectivity index (χ1v) is 10.3. The number of nitrogens with zero attached hydrogens (tertiary/aromatic N) is 6. The molecule has 4 rings (SSSR count). The van der Waals surface area contributed by atoms with Gasteiger partial charge in [0.05, 0.1) is 21.7 Å². The van der Waals surface area contributed by atoms with Crippen molar-refractivity contribution in [2.24, 2.45) is 7.05 Å². The van der Waals surface area contributed by atoms with Gasteiger partial charge < -0.3 is 10.0 Å². The van der Waals surface area contributed by atoms with Gasteiger partial charge in [-0.25, -0.2) is 19.7 Å². The van der Waals surface area contributed by atoms with Crippen molar-refractivity contribution >= 4 is 23.7 Å². The third kappa shape index (κ3) is 3.90. The molecule has 152 valence electrons. The van der Waals surface area contributed by atoms with Gasteiger partial charge in [0.1, 0.15) is 6.33 Å². The lowest BCUT2D eigenvalue weighted by molar-refractivity contribution is -0.131. The maximum Gasteiger partial charge on any atom is 0.341 e. The van der Waals surface area contributed by atoms with Crippen molar-refractivity contribution < 1.29 is 9.90 Å². The summed E-state index contributed by atoms with van der Waals surface area (Å²) in [5.74, 6) is -0.244. The largest absolute Gasteiger partial charge is 0.477 e. The van der Waals surface area contributed by atoms with Crippen LogP contribution in [0.1, 0.15) is 13.3 Å². The second-order valence-electron chi connectivity index (χ2n) is 7.15. The van der Waals surface area contributed by atoms with Gasteiger partial charge in [-0.3, -0.25) is 14.3 Å². The maximum absolute atomic E-state index is 12.5. The van der Waals surface area contributed by atoms with Crippen LogP contribution in [0.2, 0.25) is 0 Å². The topological polar surface area (TPSA) is 104 Å². The quantitative estimate of drug-likeness (QED) is 0.789. The third-order valence-corrected chi connectivity index (χ3v) is 6.62. The summed E-state index contributed by atoms with van der Waals surface area (Å²) in [5, 5.41) is 9.33. The number of aromatic nitrogens is 4. The van der Waals surface area contributed by atoms with E-state index in [0.717, 1.165) is 19.5 Å². The van der Waals surface area contributed by atoms with Crippen LogP contribution in [0.15, 0.2) is 40.4 Å². The fourth-order valence-electron chi connectivity index (χ4n) is 3.71. The number of aliphatic carboxylic acids is 1. The Morgan fingerprint density at radius 3 is 2.79 bits per heavy atom. The lowest BCUT2D eigenvalue weighted by Crippen LogP contribution is -2.55. The minimum atomic E-state index is -0.857. The highest BCUT2D eigenvalue weighted by Crippen LogP contribution is 2.35. The molecule has 2 aromatic heterocycles. The zero-order chi connectivity index (χ0) is 20.5. The second kappa shape index (κ2) is 7.96. The van der Waals surface area contributed by atoms with E-state index in [2.05, 4.69) is 26.7 Å². The Labute approximate surface area is 172 Å². The Morgan fingerprint density at radius 1 is 1.31 bits per heavy atom. The molecule has 10 heteroatoms. The van der Waals surface area contributed by atoms with Gasteiger partial charge in [0, 0.05) is 45.0 Å². The third-order valence-electron chi connectivity index (χ3n) is 5.26. The van der Waals surface area contributed by atoms with Crippen LogP contribution in [-0.2, 0) is 11.8 Å². The van der Waals surface area contributed by atoms with Crippen LogP contribution < -0.4 is 10.5 Å². The van der Waals surface area contributed by atoms with Gasteiger partial charge in [-0.2, -0.15) is 0 Å². The van der Waals surface area contributed by atoms with E-state index < -0.39 is 5.97 Å². The van der Waals surface area contributed by atoms with E-state index in [9.17, 15) is 14.7 Å². The molecule has 2 aliphatic heterocycles. The van der Waals surface area contributed by atoms with E-state index in [1.807, 2.05) is 0 Å². The molecule has 1 saturated heterocycles. The number of anilines is 1. The molecule has 4 heterocycles. The fraction of sp³-hybridized carbons (Fsp3) is 0.421. The summed E-state index contributed by atoms with van der Waals surface area (Å²) in [6.07, 6.45) is 5.60. The molecule has 2 atom stereocenters. The number of carboxylic acids is 1. The van der Waals surface area contributed by atoms with Crippen molar-refractivity contribution in [2.75, 3.05) is 24.5 Å². The number of carbonyl (C=O) groups is 1. The van der Waals surface area contributed by atoms with Gasteiger partial charge in [0.15, 0.2) is 0 Å². The molecule has 0 spiro atoms. The van der Waals surface area contributed by atoms with Gasteiger partial charge in [0.2, 0.25) is 5.95 Å². The molecular weight excluding hydrogens is 392 g/mol. The molecule has 0 aromatic carbocycles. The molecule has 2 aliphatic rings. The fourth-order valence-corrected chi connectivity index (χ4v) is 4.83. The highest BCUT2D eigenvalue weighted by atomic mass is 32.2. The van der Waals surface area contributed by atoms with Crippen molar-refractivity contribution in [2.45, 2.75) is 24.8 Å². The summed E-state index contributed by atoms with van der Waals surface area (Å²) in [6.45, 7) is 4.34. The van der Waals surface area contributed by atoms with Gasteiger partial charge >= 0.3 is 5.97 Å². The van der Waals surface area contributed by atoms with Crippen LogP contribution in [0, 0.1) is 0 Å². The summed E-state index contributed by atoms with van der Waals surface area (Å²) in [7, 11) is 1.73. The summed E-state index contributed by atoms with van der Waals surface area (Å²) < 4.78 is 1.56. The van der Waals surface area contributed by atoms with Gasteiger partial charge in [-0.05, 0) is 19.4 Å². The predicted molar refractivity (Wildman–Crippen MR) is 111 cm³/mol. The van der Waals surface area contributed by atoms with Crippen molar-refractivity contribution in [1.82, 2.24) is 24.4 Å². The molecule has 0 aliphatic carbocycles. The minimum Gasteiger partial charge on any atom is -0.477 e. The summed E-state index contributed by atoms with van der Waals surface area (Å²) in [5.41, 5.74) is 1.00. The second-order valence-corrected chi connectivity index (χ2v) is 8.37. The molecule has 0 saturated carbocycles. The molecular formula is C19H22N6O3S. The average molecular weight is 414 g/mol. The molecule has 2 aromatic rings. The normalized spacial score (nSPS) is 22.6. The average Bonchev–Trinajstić information content (AvgIpc) is 3.21. The summed E-state index contributed by atoms with van der Waals surface area (Å²) in [4.78, 5) is 41.4. The number of carboxylic acid groups (broad SMARTS) is 1. The first-order valence-electron chi connectivity index (χ1n) is 9.39. The molecule has 1 fully saturated rings. The molecule has 0 amide bonds. The summed E-state index contributed by atoms with van der Waals surface area (Å²) >= 11 is 1.41. The number of thioether (sulfide) groups is 1. The Kier molecular flexibility index (Phi) is 5.37. The van der Waals surface area contributed by atoms with E-state index >= 15 is 0 Å². The number of piperazine rings is 1. The van der Waals surface area contributed by atoms with E-state index in [1.54, 1.807) is 30.0 Å². The van der Waals surface area contributed by atoms with E-state index in [-0.39, 0.29) is 17.0 Å². The lowest BCUT2D eigenvalue weighted by atomic mass is 10.2. The Balaban J connectivity index is 1.54. The first-order chi connectivity index (χ1) is 13.9. The van der Waals surface area contributed by atoms with Crippen molar-refractivity contribution in [3.63, 3.8) is 0 Å². The van der Waals surface area contributed by atoms with Crippen molar-refractivity contribution in [3.8, 4) is 11.4 Å². The Morgan fingerprint density at radius 2 is 2.14 bits per heavy atom. The Bertz CT molecular complexity index is 1010. The number of hydrogen-bond donors (Lipinski definition) is 1. The van der Waals surface area contributed by atoms with Crippen LogP contribution in [-0.4, -0.2) is 66.5 Å². The van der Waals surface area contributed by atoms with E-state index in [4.69, 9.17) is 4.98 Å². The van der Waals surface area contributed by atoms with Crippen LogP contribution in [0.3, 0.4) is 0 Å². The number of rotatable bonds is 4. The molecule has 1 N–H and O–H groups in total. The van der Waals surface area contributed by atoms with Gasteiger partial charge in [-0.15, -0.1) is 0 Å². The predicted octanol–water partition coefficient (Wildman–Crippen LogP) is 1.18. The van der Waals surface area contributed by atoms with Crippen LogP contribution in [0.5, 0.6) is 0 Å². The molecule has 29 heavy (non-hydrogen) atoms. The first kappa shape index (κ1) is 19.6. The van der Waals surface area contributed by atoms with E-state index in [1.165, 1.54) is 24.2 Å². The van der Waals surface area contributed by atoms with Gasteiger partial charge in [0.25, 0.3) is 5.56 Å². The minimum absolute atomic E-state index is 0.122. The molecule has 1 unspecified atom stereocenters. The van der Waals surface area contributed by atoms with Crippen LogP contribution in [0.25, 0.3) is 11.4 Å². The smallest absolute Gasteiger partial charge is 0.341 e. The monoisotopic (exact) mass is 414 g/mol. The van der Waals surface area contributed by atoms with Crippen LogP contribution >= 0.6 is 11.8 Å². The van der Waals surface area contributed by atoms with Crippen molar-refractivity contribution in [1.29, 1.82) is 0 Å². The molecule has 0 bridgehead atoms. The highest BCUT2D eigenvalue weighted by molar-refractivity contribution is 8.04. The maximum atomic E-state index is 12.5. The SMILES string of the molecule is C[C@@H]1CN(C2CC=C(C(=O)O)S2)CCN1c1nc(-c2ccncn2)cc(=O)n1C. The summed E-state index contributed by atoms with van der Waals surface area (Å²) in [6, 6.07) is 3.34. The lowest BCUT2D eigenvalue weighted by Gasteiger charge is -2.42. The zero-order valence-electron chi connectivity index (χ0n) is 16.2. The van der Waals surface area contributed by atoms with Crippen molar-refractivity contribution in [3.05, 3.63) is 46.0 Å². The molecule has 9 nitrogen and oxygen atoms in total. The molecule has 0 radical (unpaired) electrons.